The van der Waals surface area contributed by atoms with E-state index in [9.17, 15) is 9.90 Å². The van der Waals surface area contributed by atoms with Crippen molar-refractivity contribution in [2.45, 2.75) is 38.1 Å². The topological polar surface area (TPSA) is 46.5 Å². The van der Waals surface area contributed by atoms with Crippen molar-refractivity contribution < 1.29 is 14.6 Å². The highest BCUT2D eigenvalue weighted by atomic mass is 16.6. The zero-order valence-electron chi connectivity index (χ0n) is 6.54. The van der Waals surface area contributed by atoms with Gasteiger partial charge in [0.05, 0.1) is 6.10 Å². The molecule has 1 aliphatic carbocycles. The van der Waals surface area contributed by atoms with Crippen molar-refractivity contribution in [1.29, 1.82) is 0 Å². The van der Waals surface area contributed by atoms with Crippen molar-refractivity contribution in [2.24, 2.45) is 5.92 Å². The van der Waals surface area contributed by atoms with Crippen LogP contribution in [0.3, 0.4) is 0 Å². The first-order chi connectivity index (χ1) is 5.11. The molecule has 0 radical (unpaired) electrons. The molecule has 62 valence electrons. The van der Waals surface area contributed by atoms with Gasteiger partial charge in [-0.3, -0.25) is 4.79 Å². The highest BCUT2D eigenvalue weighted by Crippen LogP contribution is 2.39. The quantitative estimate of drug-likeness (QED) is 0.554. The second-order valence-corrected chi connectivity index (χ2v) is 3.54. The van der Waals surface area contributed by atoms with Crippen LogP contribution in [0.15, 0.2) is 0 Å². The number of Topliss-reactive ketones (excluding diaryl/α,β-unsaturated/α-hetero) is 1. The van der Waals surface area contributed by atoms with Gasteiger partial charge in [0, 0.05) is 5.92 Å². The van der Waals surface area contributed by atoms with E-state index in [1.165, 1.54) is 6.92 Å². The fraction of sp³-hybridized carbons (Fsp3) is 0.875. The zero-order chi connectivity index (χ0) is 8.06. The van der Waals surface area contributed by atoms with Gasteiger partial charge in [-0.05, 0) is 19.8 Å². The lowest BCUT2D eigenvalue weighted by atomic mass is 9.99. The molecule has 0 aromatic rings. The minimum absolute atomic E-state index is 0.00231. The van der Waals surface area contributed by atoms with Crippen LogP contribution in [0.4, 0.5) is 0 Å². The fourth-order valence-corrected chi connectivity index (χ4v) is 2.06. The molecule has 2 rings (SSSR count). The third kappa shape index (κ3) is 0.914. The summed E-state index contributed by atoms with van der Waals surface area (Å²) in [7, 11) is 0. The number of carbonyl (C=O) groups is 1. The molecule has 1 saturated carbocycles. The molecular weight excluding hydrogens is 144 g/mol. The van der Waals surface area contributed by atoms with E-state index in [4.69, 9.17) is 4.74 Å². The van der Waals surface area contributed by atoms with Gasteiger partial charge in [0.15, 0.2) is 5.78 Å². The lowest BCUT2D eigenvalue weighted by Crippen LogP contribution is -2.33. The number of carbonyl (C=O) groups excluding carboxylic acids is 1. The van der Waals surface area contributed by atoms with Gasteiger partial charge < -0.3 is 9.84 Å². The first kappa shape index (κ1) is 7.25. The smallest absolute Gasteiger partial charge is 0.224 e. The summed E-state index contributed by atoms with van der Waals surface area (Å²) in [5.74, 6) is -1.64. The number of rotatable bonds is 0. The summed E-state index contributed by atoms with van der Waals surface area (Å²) < 4.78 is 5.19. The summed E-state index contributed by atoms with van der Waals surface area (Å²) in [5, 5.41) is 9.40. The van der Waals surface area contributed by atoms with Crippen molar-refractivity contribution in [1.82, 2.24) is 0 Å². The molecule has 1 aliphatic heterocycles. The van der Waals surface area contributed by atoms with Crippen LogP contribution in [0.1, 0.15) is 26.2 Å². The molecule has 2 aliphatic rings. The number of ether oxygens (including phenoxy) is 1. The van der Waals surface area contributed by atoms with E-state index in [1.54, 1.807) is 0 Å². The predicted octanol–water partition coefficient (Wildman–Crippen LogP) is 0.463. The summed E-state index contributed by atoms with van der Waals surface area (Å²) in [6.07, 6.45) is 2.86. The summed E-state index contributed by atoms with van der Waals surface area (Å²) in [6.45, 7) is 1.44. The van der Waals surface area contributed by atoms with Crippen LogP contribution in [-0.2, 0) is 9.53 Å². The lowest BCUT2D eigenvalue weighted by molar-refractivity contribution is -0.185. The van der Waals surface area contributed by atoms with Crippen LogP contribution >= 0.6 is 0 Å². The van der Waals surface area contributed by atoms with Gasteiger partial charge in [-0.2, -0.15) is 0 Å². The normalized spacial score (nSPS) is 49.8. The van der Waals surface area contributed by atoms with Crippen LogP contribution < -0.4 is 0 Å². The van der Waals surface area contributed by atoms with Gasteiger partial charge >= 0.3 is 0 Å². The largest absolute Gasteiger partial charge is 0.360 e. The minimum atomic E-state index is -1.49. The standard InChI is InChI=1S/C8H12O3/c1-8(10)7(9)5-3-2-4-6(5)11-8/h5-6,10H,2-4H2,1H3. The number of hydrogen-bond donors (Lipinski definition) is 1. The SMILES string of the molecule is CC1(O)OC2CCCC2C1=O. The second kappa shape index (κ2) is 2.05. The van der Waals surface area contributed by atoms with E-state index in [0.717, 1.165) is 19.3 Å². The molecule has 0 aromatic heterocycles. The number of hydrogen-bond acceptors (Lipinski definition) is 3. The predicted molar refractivity (Wildman–Crippen MR) is 37.8 cm³/mol. The minimum Gasteiger partial charge on any atom is -0.360 e. The van der Waals surface area contributed by atoms with Crippen LogP contribution in [0.5, 0.6) is 0 Å². The van der Waals surface area contributed by atoms with Crippen molar-refractivity contribution >= 4 is 5.78 Å². The third-order valence-electron chi connectivity index (χ3n) is 2.63. The van der Waals surface area contributed by atoms with Crippen molar-refractivity contribution in [3.8, 4) is 0 Å². The Balaban J connectivity index is 2.23. The molecule has 3 atom stereocenters. The van der Waals surface area contributed by atoms with Gasteiger partial charge in [-0.15, -0.1) is 0 Å². The van der Waals surface area contributed by atoms with Crippen molar-refractivity contribution in [2.75, 3.05) is 0 Å². The number of aliphatic hydroxyl groups is 1. The first-order valence-corrected chi connectivity index (χ1v) is 4.06. The van der Waals surface area contributed by atoms with Crippen LogP contribution in [0.25, 0.3) is 0 Å². The second-order valence-electron chi connectivity index (χ2n) is 3.54. The zero-order valence-corrected chi connectivity index (χ0v) is 6.54. The monoisotopic (exact) mass is 156 g/mol. The van der Waals surface area contributed by atoms with Crippen LogP contribution in [0.2, 0.25) is 0 Å². The molecular formula is C8H12O3. The Morgan fingerprint density at radius 3 is 3.00 bits per heavy atom. The lowest BCUT2D eigenvalue weighted by Gasteiger charge is -2.15. The molecule has 3 unspecified atom stereocenters. The molecule has 0 spiro atoms. The Hall–Kier alpha value is -0.410. The average molecular weight is 156 g/mol. The van der Waals surface area contributed by atoms with Crippen molar-refractivity contribution in [3.63, 3.8) is 0 Å². The summed E-state index contributed by atoms with van der Waals surface area (Å²) >= 11 is 0. The third-order valence-corrected chi connectivity index (χ3v) is 2.63. The van der Waals surface area contributed by atoms with E-state index in [0.29, 0.717) is 0 Å². The molecule has 11 heavy (non-hydrogen) atoms. The maximum atomic E-state index is 11.3. The number of fused-ring (bicyclic) bond motifs is 1. The molecule has 0 amide bonds. The molecule has 0 aromatic carbocycles. The molecule has 3 nitrogen and oxygen atoms in total. The Kier molecular flexibility index (Phi) is 1.35. The average Bonchev–Trinajstić information content (AvgIpc) is 2.39. The maximum Gasteiger partial charge on any atom is 0.224 e. The van der Waals surface area contributed by atoms with Crippen LogP contribution in [0, 0.1) is 5.92 Å². The molecule has 2 fully saturated rings. The Bertz CT molecular complexity index is 198. The van der Waals surface area contributed by atoms with Gasteiger partial charge in [-0.25, -0.2) is 0 Å². The van der Waals surface area contributed by atoms with Crippen molar-refractivity contribution in [3.05, 3.63) is 0 Å². The Morgan fingerprint density at radius 1 is 1.64 bits per heavy atom. The van der Waals surface area contributed by atoms with E-state index in [2.05, 4.69) is 0 Å². The molecule has 3 heteroatoms. The van der Waals surface area contributed by atoms with E-state index in [1.807, 2.05) is 0 Å². The summed E-state index contributed by atoms with van der Waals surface area (Å²) in [4.78, 5) is 11.3. The van der Waals surface area contributed by atoms with E-state index >= 15 is 0 Å². The summed E-state index contributed by atoms with van der Waals surface area (Å²) in [6, 6.07) is 0. The van der Waals surface area contributed by atoms with Crippen LogP contribution in [-0.4, -0.2) is 22.8 Å². The highest BCUT2D eigenvalue weighted by molar-refractivity contribution is 5.89. The van der Waals surface area contributed by atoms with Gasteiger partial charge in [0.2, 0.25) is 5.79 Å². The van der Waals surface area contributed by atoms with E-state index in [-0.39, 0.29) is 17.8 Å². The molecule has 1 saturated heterocycles. The van der Waals surface area contributed by atoms with Gasteiger partial charge in [0.25, 0.3) is 0 Å². The molecule has 0 bridgehead atoms. The number of ketones is 1. The molecule has 1 heterocycles. The fourth-order valence-electron chi connectivity index (χ4n) is 2.06. The molecule has 1 N–H and O–H groups in total. The van der Waals surface area contributed by atoms with Gasteiger partial charge in [-0.1, -0.05) is 6.42 Å². The maximum absolute atomic E-state index is 11.3. The first-order valence-electron chi connectivity index (χ1n) is 4.06. The summed E-state index contributed by atoms with van der Waals surface area (Å²) in [5.41, 5.74) is 0. The highest BCUT2D eigenvalue weighted by Gasteiger charge is 2.52. The van der Waals surface area contributed by atoms with Gasteiger partial charge in [0.1, 0.15) is 0 Å². The Labute approximate surface area is 65.4 Å². The van der Waals surface area contributed by atoms with E-state index < -0.39 is 5.79 Å². The Morgan fingerprint density at radius 2 is 2.36 bits per heavy atom.